The Morgan fingerprint density at radius 3 is 1.76 bits per heavy atom. The predicted octanol–water partition coefficient (Wildman–Crippen LogP) is 3.61. The van der Waals surface area contributed by atoms with Gasteiger partial charge in [0, 0.05) is 6.42 Å². The molecule has 0 aromatic carbocycles. The number of rotatable bonds is 13. The number of carbonyl (C=O) groups is 1. The van der Waals surface area contributed by atoms with Gasteiger partial charge in [-0.05, 0) is 6.42 Å². The van der Waals surface area contributed by atoms with Crippen molar-refractivity contribution in [2.24, 2.45) is 0 Å². The zero-order valence-corrected chi connectivity index (χ0v) is 13.7. The first-order chi connectivity index (χ1) is 10.2. The largest absolute Gasteiger partial charge is 0.457 e. The van der Waals surface area contributed by atoms with Gasteiger partial charge in [-0.1, -0.05) is 58.3 Å². The molecule has 0 rings (SSSR count). The Labute approximate surface area is 130 Å². The van der Waals surface area contributed by atoms with Gasteiger partial charge in [-0.3, -0.25) is 4.79 Å². The maximum atomic E-state index is 11.3. The van der Waals surface area contributed by atoms with E-state index in [4.69, 9.17) is 14.9 Å². The van der Waals surface area contributed by atoms with Crippen LogP contribution >= 0.6 is 0 Å². The zero-order valence-electron chi connectivity index (χ0n) is 13.7. The highest BCUT2D eigenvalue weighted by Gasteiger charge is 2.11. The molecule has 0 heterocycles. The third-order valence-corrected chi connectivity index (χ3v) is 3.19. The third-order valence-electron chi connectivity index (χ3n) is 3.19. The van der Waals surface area contributed by atoms with Crippen molar-refractivity contribution in [1.29, 1.82) is 0 Å². The predicted molar refractivity (Wildman–Crippen MR) is 87.1 cm³/mol. The fourth-order valence-electron chi connectivity index (χ4n) is 1.96. The Morgan fingerprint density at radius 1 is 0.905 bits per heavy atom. The van der Waals surface area contributed by atoms with Gasteiger partial charge in [0.15, 0.2) is 0 Å². The molecule has 2 N–H and O–H groups in total. The first kappa shape index (κ1) is 22.4. The minimum atomic E-state index is -0.758. The summed E-state index contributed by atoms with van der Waals surface area (Å²) in [4.78, 5) is 11.3. The van der Waals surface area contributed by atoms with Crippen molar-refractivity contribution in [2.45, 2.75) is 77.2 Å². The first-order valence-corrected chi connectivity index (χ1v) is 8.15. The number of hydrogen-bond donors (Lipinski definition) is 2. The van der Waals surface area contributed by atoms with Crippen molar-refractivity contribution in [3.63, 3.8) is 0 Å². The van der Waals surface area contributed by atoms with Crippen LogP contribution in [0.2, 0.25) is 0 Å². The lowest BCUT2D eigenvalue weighted by molar-refractivity contribution is -0.153. The van der Waals surface area contributed by atoms with Gasteiger partial charge >= 0.3 is 5.97 Å². The summed E-state index contributed by atoms with van der Waals surface area (Å²) in [5.74, 6) is -0.323. The van der Waals surface area contributed by atoms with Gasteiger partial charge in [-0.2, -0.15) is 0 Å². The number of esters is 1. The minimum Gasteiger partial charge on any atom is -0.457 e. The number of unbranched alkanes of at least 4 members (excludes halogenated alkanes) is 8. The summed E-state index contributed by atoms with van der Waals surface area (Å²) in [5.41, 5.74) is 0. The Morgan fingerprint density at radius 2 is 1.33 bits per heavy atom. The Bertz CT molecular complexity index is 215. The molecule has 0 bridgehead atoms. The van der Waals surface area contributed by atoms with Gasteiger partial charge in [0.1, 0.15) is 6.10 Å². The molecular weight excluding hydrogens is 268 g/mol. The summed E-state index contributed by atoms with van der Waals surface area (Å²) in [7, 11) is 0. The number of hydrogen-bond acceptors (Lipinski definition) is 4. The fourth-order valence-corrected chi connectivity index (χ4v) is 1.96. The maximum Gasteiger partial charge on any atom is 0.306 e. The van der Waals surface area contributed by atoms with Gasteiger partial charge in [0.05, 0.1) is 13.2 Å². The minimum absolute atomic E-state index is 0.319. The molecule has 0 saturated carbocycles. The van der Waals surface area contributed by atoms with Crippen LogP contribution in [0.4, 0.5) is 0 Å². The molecule has 4 heteroatoms. The number of carbonyl (C=O) groups excluding carboxylic acids is 1. The fraction of sp³-hybridized carbons (Fsp3) is 0.824. The molecule has 4 nitrogen and oxygen atoms in total. The van der Waals surface area contributed by atoms with Crippen molar-refractivity contribution in [1.82, 2.24) is 0 Å². The standard InChI is InChI=1S/C15H30O4.C2H4/c1-2-3-4-5-6-7-8-9-10-11-15(18)19-14(12-16)13-17;1-2/h14,16-17H,2-13H2,1H3;1-2H2. The lowest BCUT2D eigenvalue weighted by Gasteiger charge is -2.12. The number of aliphatic hydroxyl groups excluding tert-OH is 2. The highest BCUT2D eigenvalue weighted by Crippen LogP contribution is 2.11. The van der Waals surface area contributed by atoms with Crippen molar-refractivity contribution in [2.75, 3.05) is 13.2 Å². The Balaban J connectivity index is 0. The number of aliphatic hydroxyl groups is 2. The van der Waals surface area contributed by atoms with Gasteiger partial charge in [-0.15, -0.1) is 13.2 Å². The van der Waals surface area contributed by atoms with Crippen molar-refractivity contribution in [3.8, 4) is 0 Å². The van der Waals surface area contributed by atoms with Crippen LogP contribution in [0, 0.1) is 0 Å². The molecule has 0 aromatic heterocycles. The molecule has 0 spiro atoms. The van der Waals surface area contributed by atoms with Crippen molar-refractivity contribution in [3.05, 3.63) is 13.2 Å². The van der Waals surface area contributed by atoms with E-state index >= 15 is 0 Å². The third kappa shape index (κ3) is 17.1. The second-order valence-electron chi connectivity index (χ2n) is 5.06. The van der Waals surface area contributed by atoms with Crippen molar-refractivity contribution >= 4 is 5.97 Å². The molecule has 126 valence electrons. The molecule has 0 aliphatic carbocycles. The summed E-state index contributed by atoms with van der Waals surface area (Å²) in [5, 5.41) is 17.5. The van der Waals surface area contributed by atoms with E-state index in [0.29, 0.717) is 6.42 Å². The van der Waals surface area contributed by atoms with E-state index in [1.54, 1.807) is 0 Å². The monoisotopic (exact) mass is 302 g/mol. The maximum absolute atomic E-state index is 11.3. The van der Waals surface area contributed by atoms with E-state index < -0.39 is 6.10 Å². The Hall–Kier alpha value is -0.870. The van der Waals surface area contributed by atoms with E-state index in [1.165, 1.54) is 44.9 Å². The molecular formula is C17H34O4. The molecule has 0 aliphatic heterocycles. The van der Waals surface area contributed by atoms with Crippen LogP contribution in [0.5, 0.6) is 0 Å². The summed E-state index contributed by atoms with van der Waals surface area (Å²) in [6.07, 6.45) is 10.5. The molecule has 0 saturated heterocycles. The molecule has 0 aromatic rings. The van der Waals surface area contributed by atoms with Crippen LogP contribution < -0.4 is 0 Å². The second-order valence-corrected chi connectivity index (χ2v) is 5.06. The molecule has 0 fully saturated rings. The van der Waals surface area contributed by atoms with Crippen LogP contribution in [0.15, 0.2) is 13.2 Å². The van der Waals surface area contributed by atoms with Gasteiger partial charge < -0.3 is 14.9 Å². The molecule has 0 radical (unpaired) electrons. The summed E-state index contributed by atoms with van der Waals surface area (Å²) in [6.45, 7) is 7.58. The number of ether oxygens (including phenoxy) is 1. The van der Waals surface area contributed by atoms with E-state index in [9.17, 15) is 4.79 Å². The topological polar surface area (TPSA) is 66.8 Å². The van der Waals surface area contributed by atoms with E-state index in [0.717, 1.165) is 12.8 Å². The summed E-state index contributed by atoms with van der Waals surface area (Å²) >= 11 is 0. The van der Waals surface area contributed by atoms with Crippen LogP contribution in [-0.2, 0) is 9.53 Å². The Kier molecular flexibility index (Phi) is 20.4. The summed E-state index contributed by atoms with van der Waals surface area (Å²) in [6, 6.07) is 0. The molecule has 0 aliphatic rings. The molecule has 0 amide bonds. The van der Waals surface area contributed by atoms with E-state index in [1.807, 2.05) is 0 Å². The quantitative estimate of drug-likeness (QED) is 0.310. The molecule has 21 heavy (non-hydrogen) atoms. The zero-order chi connectivity index (χ0) is 16.3. The average molecular weight is 302 g/mol. The second kappa shape index (κ2) is 19.1. The lowest BCUT2D eigenvalue weighted by atomic mass is 10.1. The SMILES string of the molecule is C=C.CCCCCCCCCCCC(=O)OC(CO)CO. The lowest BCUT2D eigenvalue weighted by Crippen LogP contribution is -2.25. The molecule has 0 atom stereocenters. The van der Waals surface area contributed by atoms with Gasteiger partial charge in [-0.25, -0.2) is 0 Å². The van der Waals surface area contributed by atoms with Crippen LogP contribution in [0.3, 0.4) is 0 Å². The average Bonchev–Trinajstić information content (AvgIpc) is 2.53. The highest BCUT2D eigenvalue weighted by molar-refractivity contribution is 5.69. The highest BCUT2D eigenvalue weighted by atomic mass is 16.6. The normalized spacial score (nSPS) is 10.1. The van der Waals surface area contributed by atoms with Crippen LogP contribution in [-0.4, -0.2) is 35.5 Å². The van der Waals surface area contributed by atoms with Crippen LogP contribution in [0.1, 0.15) is 71.1 Å². The molecule has 0 unspecified atom stereocenters. The van der Waals surface area contributed by atoms with Crippen molar-refractivity contribution < 1.29 is 19.7 Å². The van der Waals surface area contributed by atoms with Crippen LogP contribution in [0.25, 0.3) is 0 Å². The smallest absolute Gasteiger partial charge is 0.306 e. The van der Waals surface area contributed by atoms with E-state index in [2.05, 4.69) is 20.1 Å². The van der Waals surface area contributed by atoms with Gasteiger partial charge in [0.25, 0.3) is 0 Å². The first-order valence-electron chi connectivity index (χ1n) is 8.15. The summed E-state index contributed by atoms with van der Waals surface area (Å²) < 4.78 is 4.88. The van der Waals surface area contributed by atoms with E-state index in [-0.39, 0.29) is 19.2 Å². The van der Waals surface area contributed by atoms with Gasteiger partial charge in [0.2, 0.25) is 0 Å².